The van der Waals surface area contributed by atoms with Crippen molar-refractivity contribution in [2.24, 2.45) is 0 Å². The van der Waals surface area contributed by atoms with Crippen molar-refractivity contribution in [1.82, 2.24) is 4.57 Å². The molecule has 0 fully saturated rings. The van der Waals surface area contributed by atoms with Gasteiger partial charge in [-0.1, -0.05) is 33.1 Å². The monoisotopic (exact) mass is 237 g/mol. The summed E-state index contributed by atoms with van der Waals surface area (Å²) in [7, 11) is 0. The summed E-state index contributed by atoms with van der Waals surface area (Å²) < 4.78 is 4.84. The van der Waals surface area contributed by atoms with Gasteiger partial charge in [-0.3, -0.25) is 0 Å². The predicted octanol–water partition coefficient (Wildman–Crippen LogP) is 3.72. The first-order valence-corrected chi connectivity index (χ1v) is 7.40. The molecule has 0 aliphatic rings. The molecule has 1 heterocycles. The van der Waals surface area contributed by atoms with Gasteiger partial charge < -0.3 is 0 Å². The Bertz CT molecular complexity index is 302. The molecule has 98 valence electrons. The number of aromatic nitrogens is 2. The second-order valence-corrected chi connectivity index (χ2v) is 4.86. The maximum atomic E-state index is 2.46. The Hall–Kier alpha value is -0.790. The van der Waals surface area contributed by atoms with Crippen LogP contribution in [0.3, 0.4) is 0 Å². The third-order valence-corrected chi connectivity index (χ3v) is 3.41. The van der Waals surface area contributed by atoms with Crippen LogP contribution >= 0.6 is 0 Å². The summed E-state index contributed by atoms with van der Waals surface area (Å²) in [6, 6.07) is 0. The molecule has 0 saturated heterocycles. The lowest BCUT2D eigenvalue weighted by molar-refractivity contribution is -0.704. The van der Waals surface area contributed by atoms with Crippen molar-refractivity contribution in [2.75, 3.05) is 0 Å². The second-order valence-electron chi connectivity index (χ2n) is 4.86. The number of unbranched alkanes of at least 4 members (excludes halogenated alkanes) is 4. The van der Waals surface area contributed by atoms with E-state index >= 15 is 0 Å². The third-order valence-electron chi connectivity index (χ3n) is 3.41. The zero-order valence-corrected chi connectivity index (χ0v) is 11.9. The molecule has 0 unspecified atom stereocenters. The minimum atomic E-state index is 1.10. The minimum absolute atomic E-state index is 1.10. The summed E-state index contributed by atoms with van der Waals surface area (Å²) in [6.07, 6.45) is 13.8. The normalized spacial score (nSPS) is 11.0. The Morgan fingerprint density at radius 2 is 1.76 bits per heavy atom. The number of aryl methyl sites for hydroxylation is 2. The fourth-order valence-electron chi connectivity index (χ4n) is 2.39. The molecule has 0 aliphatic carbocycles. The summed E-state index contributed by atoms with van der Waals surface area (Å²) in [6.45, 7) is 9.06. The van der Waals surface area contributed by atoms with E-state index in [9.17, 15) is 0 Å². The zero-order chi connectivity index (χ0) is 12.5. The van der Waals surface area contributed by atoms with E-state index in [2.05, 4.69) is 42.3 Å². The van der Waals surface area contributed by atoms with Gasteiger partial charge >= 0.3 is 0 Å². The van der Waals surface area contributed by atoms with Crippen molar-refractivity contribution < 1.29 is 4.57 Å². The first-order valence-electron chi connectivity index (χ1n) is 7.40. The molecule has 0 N–H and O–H groups in total. The van der Waals surface area contributed by atoms with Gasteiger partial charge in [0.1, 0.15) is 12.4 Å². The highest BCUT2D eigenvalue weighted by molar-refractivity contribution is 4.83. The van der Waals surface area contributed by atoms with Crippen molar-refractivity contribution in [1.29, 1.82) is 0 Å². The first-order chi connectivity index (χ1) is 8.33. The van der Waals surface area contributed by atoms with Crippen LogP contribution in [0.2, 0.25) is 0 Å². The Morgan fingerprint density at radius 3 is 2.41 bits per heavy atom. The number of hydrogen-bond donors (Lipinski definition) is 0. The lowest BCUT2D eigenvalue weighted by Crippen LogP contribution is -2.37. The van der Waals surface area contributed by atoms with Gasteiger partial charge in [0.05, 0.1) is 13.1 Å². The third kappa shape index (κ3) is 4.53. The van der Waals surface area contributed by atoms with Gasteiger partial charge in [-0.05, 0) is 26.2 Å². The van der Waals surface area contributed by atoms with E-state index in [1.807, 2.05) is 0 Å². The number of hydrogen-bond acceptors (Lipinski definition) is 0. The lowest BCUT2D eigenvalue weighted by atomic mass is 10.1. The molecule has 1 aromatic rings. The van der Waals surface area contributed by atoms with E-state index in [4.69, 9.17) is 0 Å². The summed E-state index contributed by atoms with van der Waals surface area (Å²) in [4.78, 5) is 0. The summed E-state index contributed by atoms with van der Waals surface area (Å²) in [5, 5.41) is 0. The van der Waals surface area contributed by atoms with Crippen LogP contribution in [-0.4, -0.2) is 4.57 Å². The lowest BCUT2D eigenvalue weighted by Gasteiger charge is -2.03. The average molecular weight is 237 g/mol. The Labute approximate surface area is 107 Å². The standard InChI is InChI=1S/C15H29N2/c1-4-7-8-9-10-12-17-14-13-16(6-3)15(17)11-5-2/h13-14H,4-12H2,1-3H3/q+1. The van der Waals surface area contributed by atoms with Crippen LogP contribution in [0.1, 0.15) is 65.1 Å². The molecule has 0 amide bonds. The number of nitrogens with zero attached hydrogens (tertiary/aromatic N) is 2. The molecule has 1 aromatic heterocycles. The summed E-state index contributed by atoms with van der Waals surface area (Å²) in [5.41, 5.74) is 0. The molecule has 1 rings (SSSR count). The fourth-order valence-corrected chi connectivity index (χ4v) is 2.39. The summed E-state index contributed by atoms with van der Waals surface area (Å²) >= 11 is 0. The van der Waals surface area contributed by atoms with Crippen LogP contribution in [0.15, 0.2) is 12.4 Å². The maximum absolute atomic E-state index is 2.46. The van der Waals surface area contributed by atoms with Crippen LogP contribution in [0.5, 0.6) is 0 Å². The maximum Gasteiger partial charge on any atom is 0.256 e. The van der Waals surface area contributed by atoms with Gasteiger partial charge in [-0.25, -0.2) is 9.13 Å². The van der Waals surface area contributed by atoms with Crippen molar-refractivity contribution in [3.8, 4) is 0 Å². The van der Waals surface area contributed by atoms with Gasteiger partial charge in [0.2, 0.25) is 0 Å². The molecule has 0 radical (unpaired) electrons. The van der Waals surface area contributed by atoms with E-state index in [1.54, 1.807) is 0 Å². The number of imidazole rings is 1. The topological polar surface area (TPSA) is 8.81 Å². The SMILES string of the molecule is CCCCCCC[n+]1ccn(CC)c1CCC. The predicted molar refractivity (Wildman–Crippen MR) is 73.1 cm³/mol. The molecule has 0 bridgehead atoms. The largest absolute Gasteiger partial charge is 0.256 e. The average Bonchev–Trinajstić information content (AvgIpc) is 2.72. The quantitative estimate of drug-likeness (QED) is 0.457. The second kappa shape index (κ2) is 8.32. The highest BCUT2D eigenvalue weighted by Crippen LogP contribution is 2.04. The van der Waals surface area contributed by atoms with Crippen molar-refractivity contribution in [2.45, 2.75) is 78.8 Å². The molecule has 0 aliphatic heterocycles. The van der Waals surface area contributed by atoms with Crippen LogP contribution < -0.4 is 4.57 Å². The van der Waals surface area contributed by atoms with Crippen LogP contribution in [0, 0.1) is 0 Å². The van der Waals surface area contributed by atoms with Gasteiger partial charge in [0.25, 0.3) is 5.82 Å². The van der Waals surface area contributed by atoms with Gasteiger partial charge in [-0.15, -0.1) is 0 Å². The molecule has 17 heavy (non-hydrogen) atoms. The van der Waals surface area contributed by atoms with E-state index in [0.717, 1.165) is 6.54 Å². The Balaban J connectivity index is 2.43. The minimum Gasteiger partial charge on any atom is -0.235 e. The van der Waals surface area contributed by atoms with Crippen molar-refractivity contribution >= 4 is 0 Å². The van der Waals surface area contributed by atoms with Gasteiger partial charge in [0, 0.05) is 6.42 Å². The van der Waals surface area contributed by atoms with E-state index in [0.29, 0.717) is 0 Å². The highest BCUT2D eigenvalue weighted by atomic mass is 15.1. The molecule has 0 aromatic carbocycles. The highest BCUT2D eigenvalue weighted by Gasteiger charge is 2.13. The van der Waals surface area contributed by atoms with E-state index < -0.39 is 0 Å². The zero-order valence-electron chi connectivity index (χ0n) is 11.9. The molecule has 0 spiro atoms. The molecular weight excluding hydrogens is 208 g/mol. The molecule has 0 saturated carbocycles. The van der Waals surface area contributed by atoms with Gasteiger partial charge in [-0.2, -0.15) is 0 Å². The Morgan fingerprint density at radius 1 is 1.00 bits per heavy atom. The van der Waals surface area contributed by atoms with Crippen LogP contribution in [0.4, 0.5) is 0 Å². The van der Waals surface area contributed by atoms with Crippen molar-refractivity contribution in [3.05, 3.63) is 18.2 Å². The fraction of sp³-hybridized carbons (Fsp3) is 0.800. The smallest absolute Gasteiger partial charge is 0.235 e. The molecule has 2 heteroatoms. The van der Waals surface area contributed by atoms with Crippen molar-refractivity contribution in [3.63, 3.8) is 0 Å². The van der Waals surface area contributed by atoms with E-state index in [1.165, 1.54) is 57.3 Å². The Kier molecular flexibility index (Phi) is 6.99. The molecular formula is C15H29N2+. The first kappa shape index (κ1) is 14.3. The van der Waals surface area contributed by atoms with Gasteiger partial charge in [0.15, 0.2) is 0 Å². The van der Waals surface area contributed by atoms with Crippen LogP contribution in [-0.2, 0) is 19.5 Å². The summed E-state index contributed by atoms with van der Waals surface area (Å²) in [5.74, 6) is 1.51. The van der Waals surface area contributed by atoms with E-state index in [-0.39, 0.29) is 0 Å². The number of rotatable bonds is 9. The molecule has 0 atom stereocenters. The molecule has 2 nitrogen and oxygen atoms in total. The van der Waals surface area contributed by atoms with Crippen LogP contribution in [0.25, 0.3) is 0 Å².